The van der Waals surface area contributed by atoms with Crippen LogP contribution >= 0.6 is 22.6 Å². The summed E-state index contributed by atoms with van der Waals surface area (Å²) in [6, 6.07) is 0. The molecule has 0 N–H and O–H groups in total. The van der Waals surface area contributed by atoms with Gasteiger partial charge >= 0.3 is 0 Å². The Morgan fingerprint density at radius 1 is 1.57 bits per heavy atom. The van der Waals surface area contributed by atoms with Crippen molar-refractivity contribution >= 4 is 22.6 Å². The van der Waals surface area contributed by atoms with Gasteiger partial charge in [0.05, 0.1) is 0 Å². The van der Waals surface area contributed by atoms with E-state index in [9.17, 15) is 0 Å². The van der Waals surface area contributed by atoms with Gasteiger partial charge in [0.1, 0.15) is 0 Å². The first-order valence-corrected chi connectivity index (χ1v) is 4.26. The molecule has 3 aliphatic rings. The van der Waals surface area contributed by atoms with Crippen LogP contribution in [0.5, 0.6) is 0 Å². The maximum absolute atomic E-state index is 2.61. The molecule has 0 bridgehead atoms. The molecule has 0 amide bonds. The average molecular weight is 206 g/mol. The van der Waals surface area contributed by atoms with E-state index in [1.807, 2.05) is 0 Å². The lowest BCUT2D eigenvalue weighted by Crippen LogP contribution is -2.18. The lowest BCUT2D eigenvalue weighted by molar-refractivity contribution is 0.321. The topological polar surface area (TPSA) is 0 Å². The molecule has 0 aliphatic heterocycles. The summed E-state index contributed by atoms with van der Waals surface area (Å²) >= 11 is 2.61. The van der Waals surface area contributed by atoms with E-state index in [1.54, 1.807) is 12.8 Å². The molecule has 7 heavy (non-hydrogen) atoms. The zero-order chi connectivity index (χ0) is 4.65. The van der Waals surface area contributed by atoms with E-state index in [-0.39, 0.29) is 0 Å². The van der Waals surface area contributed by atoms with E-state index in [4.69, 9.17) is 0 Å². The second-order valence-corrected chi connectivity index (χ2v) is 4.53. The Kier molecular flexibility index (Phi) is 0.371. The number of hydrogen-bond donors (Lipinski definition) is 0. The molecule has 0 nitrogen and oxygen atoms in total. The molecule has 38 valence electrons. The lowest BCUT2D eigenvalue weighted by atomic mass is 9.85. The molecule has 3 fully saturated rings. The average Bonchev–Trinajstić information content (AvgIpc) is 2.27. The van der Waals surface area contributed by atoms with E-state index >= 15 is 0 Å². The number of alkyl halides is 1. The molecule has 0 aromatic carbocycles. The maximum Gasteiger partial charge on any atom is 0.0209 e. The van der Waals surface area contributed by atoms with Crippen molar-refractivity contribution in [1.82, 2.24) is 0 Å². The molecule has 0 aromatic rings. The molecule has 1 spiro atoms. The van der Waals surface area contributed by atoms with Crippen molar-refractivity contribution in [1.29, 1.82) is 0 Å². The van der Waals surface area contributed by atoms with Crippen LogP contribution in [-0.4, -0.2) is 3.92 Å². The summed E-state index contributed by atoms with van der Waals surface area (Å²) in [7, 11) is 0. The van der Waals surface area contributed by atoms with Crippen LogP contribution in [0.3, 0.4) is 0 Å². The Labute approximate surface area is 56.8 Å². The second-order valence-electron chi connectivity index (χ2n) is 3.19. The van der Waals surface area contributed by atoms with Gasteiger partial charge in [-0.1, -0.05) is 22.6 Å². The summed E-state index contributed by atoms with van der Waals surface area (Å²) in [5.74, 6) is 2.47. The molecule has 3 unspecified atom stereocenters. The van der Waals surface area contributed by atoms with Crippen LogP contribution in [0.1, 0.15) is 12.8 Å². The molecule has 0 saturated heterocycles. The fraction of sp³-hybridized carbons (Fsp3) is 1.00. The van der Waals surface area contributed by atoms with Crippen molar-refractivity contribution in [2.45, 2.75) is 16.8 Å². The zero-order valence-corrected chi connectivity index (χ0v) is 6.18. The Bertz CT molecular complexity index is 135. The minimum absolute atomic E-state index is 1.00. The van der Waals surface area contributed by atoms with Gasteiger partial charge < -0.3 is 0 Å². The number of fused-ring (bicyclic) bond motifs is 1. The van der Waals surface area contributed by atoms with Gasteiger partial charge in [0, 0.05) is 3.92 Å². The summed E-state index contributed by atoms with van der Waals surface area (Å²) in [6.45, 7) is 0. The smallest absolute Gasteiger partial charge is 0.0209 e. The van der Waals surface area contributed by atoms with E-state index in [0.29, 0.717) is 0 Å². The van der Waals surface area contributed by atoms with Gasteiger partial charge in [-0.25, -0.2) is 0 Å². The summed E-state index contributed by atoms with van der Waals surface area (Å²) in [6.07, 6.45) is 3.15. The van der Waals surface area contributed by atoms with Crippen molar-refractivity contribution in [3.05, 3.63) is 0 Å². The highest BCUT2D eigenvalue weighted by Gasteiger charge is 2.89. The normalized spacial score (nSPS) is 81.0. The fourth-order valence-electron chi connectivity index (χ4n) is 2.43. The van der Waals surface area contributed by atoms with Gasteiger partial charge in [-0.15, -0.1) is 0 Å². The van der Waals surface area contributed by atoms with Crippen molar-refractivity contribution < 1.29 is 0 Å². The molecule has 3 saturated carbocycles. The SMILES string of the molecule is IC1C2C3CC[C@]132. The summed E-state index contributed by atoms with van der Waals surface area (Å²) in [5, 5.41) is 0. The monoisotopic (exact) mass is 206 g/mol. The molecule has 0 radical (unpaired) electrons. The summed E-state index contributed by atoms with van der Waals surface area (Å²) < 4.78 is 1.13. The number of halogens is 1. The molecule has 1 heteroatoms. The quantitative estimate of drug-likeness (QED) is 0.419. The van der Waals surface area contributed by atoms with Crippen LogP contribution in [0.15, 0.2) is 0 Å². The van der Waals surface area contributed by atoms with Crippen LogP contribution < -0.4 is 0 Å². The molecule has 0 aromatic heterocycles. The molecule has 3 rings (SSSR count). The van der Waals surface area contributed by atoms with Crippen LogP contribution in [-0.2, 0) is 0 Å². The third-order valence-corrected chi connectivity index (χ3v) is 5.18. The minimum Gasteiger partial charge on any atom is -0.0817 e. The van der Waals surface area contributed by atoms with Crippen molar-refractivity contribution in [3.63, 3.8) is 0 Å². The Morgan fingerprint density at radius 2 is 2.43 bits per heavy atom. The minimum atomic E-state index is 1.00. The highest BCUT2D eigenvalue weighted by Crippen LogP contribution is 2.92. The predicted octanol–water partition coefficient (Wildman–Crippen LogP) is 1.83. The van der Waals surface area contributed by atoms with Gasteiger partial charge in [-0.3, -0.25) is 0 Å². The lowest BCUT2D eigenvalue weighted by Gasteiger charge is -2.23. The van der Waals surface area contributed by atoms with Crippen molar-refractivity contribution in [2.24, 2.45) is 17.3 Å². The van der Waals surface area contributed by atoms with Crippen LogP contribution in [0.2, 0.25) is 0 Å². The van der Waals surface area contributed by atoms with Gasteiger partial charge in [-0.2, -0.15) is 0 Å². The Hall–Kier alpha value is 0.730. The van der Waals surface area contributed by atoms with Gasteiger partial charge in [0.15, 0.2) is 0 Å². The standard InChI is InChI=1S/C6H7I/c7-5-4-3-1-2-6(3,4)5/h3-5H,1-2H2/t3?,4?,5?,6-/m0/s1. The number of hydrogen-bond acceptors (Lipinski definition) is 0. The largest absolute Gasteiger partial charge is 0.0817 e. The summed E-state index contributed by atoms with van der Waals surface area (Å²) in [5.41, 5.74) is 1.00. The van der Waals surface area contributed by atoms with E-state index in [0.717, 1.165) is 9.34 Å². The van der Waals surface area contributed by atoms with Gasteiger partial charge in [-0.05, 0) is 30.1 Å². The molecule has 0 heterocycles. The highest BCUT2D eigenvalue weighted by molar-refractivity contribution is 14.1. The predicted molar refractivity (Wildman–Crippen MR) is 36.5 cm³/mol. The van der Waals surface area contributed by atoms with Crippen molar-refractivity contribution in [3.8, 4) is 0 Å². The molecular formula is C6H7I. The fourth-order valence-corrected chi connectivity index (χ4v) is 4.58. The molecular weight excluding hydrogens is 199 g/mol. The Morgan fingerprint density at radius 3 is 2.43 bits per heavy atom. The van der Waals surface area contributed by atoms with E-state index in [2.05, 4.69) is 22.6 Å². The third kappa shape index (κ3) is 0.182. The molecule has 3 aliphatic carbocycles. The highest BCUT2D eigenvalue weighted by atomic mass is 127. The van der Waals surface area contributed by atoms with Crippen LogP contribution in [0.25, 0.3) is 0 Å². The van der Waals surface area contributed by atoms with Crippen molar-refractivity contribution in [2.75, 3.05) is 0 Å². The molecule has 4 atom stereocenters. The zero-order valence-electron chi connectivity index (χ0n) is 4.02. The number of rotatable bonds is 0. The van der Waals surface area contributed by atoms with E-state index in [1.165, 1.54) is 11.8 Å². The third-order valence-electron chi connectivity index (χ3n) is 3.24. The summed E-state index contributed by atoms with van der Waals surface area (Å²) in [4.78, 5) is 0. The van der Waals surface area contributed by atoms with Crippen LogP contribution in [0.4, 0.5) is 0 Å². The maximum atomic E-state index is 2.61. The second kappa shape index (κ2) is 0.703. The van der Waals surface area contributed by atoms with Gasteiger partial charge in [0.2, 0.25) is 0 Å². The van der Waals surface area contributed by atoms with E-state index < -0.39 is 0 Å². The first kappa shape index (κ1) is 3.70. The first-order chi connectivity index (χ1) is 3.37. The Balaban J connectivity index is 2.05. The first-order valence-electron chi connectivity index (χ1n) is 3.01. The van der Waals surface area contributed by atoms with Crippen LogP contribution in [0, 0.1) is 17.3 Å². The van der Waals surface area contributed by atoms with Gasteiger partial charge in [0.25, 0.3) is 0 Å².